The van der Waals surface area contributed by atoms with E-state index in [4.69, 9.17) is 14.7 Å². The Hall–Kier alpha value is -1.69. The molecule has 1 aromatic heterocycles. The minimum absolute atomic E-state index is 0.0716. The third-order valence-corrected chi connectivity index (χ3v) is 5.36. The van der Waals surface area contributed by atoms with Crippen molar-refractivity contribution in [2.24, 2.45) is 5.92 Å². The summed E-state index contributed by atoms with van der Waals surface area (Å²) in [4.78, 5) is 26.2. The van der Waals surface area contributed by atoms with Crippen molar-refractivity contribution in [1.29, 1.82) is 0 Å². The van der Waals surface area contributed by atoms with Gasteiger partial charge in [-0.2, -0.15) is 0 Å². The van der Waals surface area contributed by atoms with E-state index in [0.717, 1.165) is 75.1 Å². The second-order valence-electron chi connectivity index (χ2n) is 7.47. The Morgan fingerprint density at radius 2 is 1.72 bits per heavy atom. The highest BCUT2D eigenvalue weighted by atomic mass is 16.5. The first-order valence-corrected chi connectivity index (χ1v) is 9.44. The van der Waals surface area contributed by atoms with Gasteiger partial charge in [0.15, 0.2) is 0 Å². The minimum Gasteiger partial charge on any atom is -0.378 e. The summed E-state index contributed by atoms with van der Waals surface area (Å²) in [6, 6.07) is 0. The van der Waals surface area contributed by atoms with Crippen LogP contribution < -0.4 is 4.90 Å². The number of piperidine rings is 1. The van der Waals surface area contributed by atoms with Crippen molar-refractivity contribution in [3.8, 4) is 0 Å². The summed E-state index contributed by atoms with van der Waals surface area (Å²) >= 11 is 0. The van der Waals surface area contributed by atoms with Crippen LogP contribution in [0.2, 0.25) is 0 Å². The molecule has 0 N–H and O–H groups in total. The lowest BCUT2D eigenvalue weighted by Crippen LogP contribution is -2.40. The Kier molecular flexibility index (Phi) is 5.57. The summed E-state index contributed by atoms with van der Waals surface area (Å²) in [5, 5.41) is 0. The van der Waals surface area contributed by atoms with E-state index in [1.807, 2.05) is 18.7 Å². The van der Waals surface area contributed by atoms with Gasteiger partial charge in [-0.3, -0.25) is 4.79 Å². The fraction of sp³-hybridized carbons (Fsp3) is 0.737. The number of aromatic nitrogens is 2. The predicted octanol–water partition coefficient (Wildman–Crippen LogP) is 2.29. The Bertz CT molecular complexity index is 618. The summed E-state index contributed by atoms with van der Waals surface area (Å²) in [6.07, 6.45) is 1.90. The molecule has 0 atom stereocenters. The first kappa shape index (κ1) is 18.1. The maximum atomic E-state index is 12.2. The maximum absolute atomic E-state index is 12.2. The van der Waals surface area contributed by atoms with Gasteiger partial charge in [-0.15, -0.1) is 0 Å². The van der Waals surface area contributed by atoms with E-state index < -0.39 is 0 Å². The molecule has 2 saturated heterocycles. The molecule has 1 aromatic rings. The largest absolute Gasteiger partial charge is 0.378 e. The number of ether oxygens (including phenoxy) is 1. The highest BCUT2D eigenvalue weighted by molar-refractivity contribution is 5.78. The summed E-state index contributed by atoms with van der Waals surface area (Å²) < 4.78 is 5.47. The van der Waals surface area contributed by atoms with Gasteiger partial charge < -0.3 is 14.5 Å². The standard InChI is InChI=1S/C19H30N4O2/c1-13(2)19(24)23-7-5-16(6-8-23)17-20-15(4)14(3)18(21-17)22-9-11-25-12-10-22/h13,16H,5-12H2,1-4H3. The Balaban J connectivity index is 1.75. The number of hydrogen-bond donors (Lipinski definition) is 0. The van der Waals surface area contributed by atoms with E-state index in [1.54, 1.807) is 0 Å². The average molecular weight is 346 g/mol. The number of carbonyl (C=O) groups is 1. The number of anilines is 1. The SMILES string of the molecule is Cc1nc(C2CCN(C(=O)C(C)C)CC2)nc(N2CCOCC2)c1C. The zero-order valence-electron chi connectivity index (χ0n) is 15.9. The number of amides is 1. The van der Waals surface area contributed by atoms with E-state index in [2.05, 4.69) is 18.7 Å². The van der Waals surface area contributed by atoms with Crippen molar-refractivity contribution in [3.63, 3.8) is 0 Å². The van der Waals surface area contributed by atoms with Crippen LogP contribution in [0.25, 0.3) is 0 Å². The second kappa shape index (κ2) is 7.68. The van der Waals surface area contributed by atoms with Crippen LogP contribution in [-0.2, 0) is 9.53 Å². The number of likely N-dealkylation sites (tertiary alicyclic amines) is 1. The Morgan fingerprint density at radius 3 is 2.32 bits per heavy atom. The third-order valence-electron chi connectivity index (χ3n) is 5.36. The zero-order valence-corrected chi connectivity index (χ0v) is 15.9. The predicted molar refractivity (Wildman–Crippen MR) is 97.9 cm³/mol. The maximum Gasteiger partial charge on any atom is 0.225 e. The van der Waals surface area contributed by atoms with Gasteiger partial charge in [0, 0.05) is 49.3 Å². The van der Waals surface area contributed by atoms with Crippen molar-refractivity contribution in [2.75, 3.05) is 44.3 Å². The van der Waals surface area contributed by atoms with Crippen molar-refractivity contribution >= 4 is 11.7 Å². The van der Waals surface area contributed by atoms with Crippen molar-refractivity contribution in [2.45, 2.75) is 46.5 Å². The molecule has 3 heterocycles. The average Bonchev–Trinajstić information content (AvgIpc) is 2.64. The van der Waals surface area contributed by atoms with Gasteiger partial charge in [0.2, 0.25) is 5.91 Å². The number of nitrogens with zero attached hydrogens (tertiary/aromatic N) is 4. The highest BCUT2D eigenvalue weighted by Gasteiger charge is 2.28. The molecule has 0 aromatic carbocycles. The number of carbonyl (C=O) groups excluding carboxylic acids is 1. The van der Waals surface area contributed by atoms with Gasteiger partial charge in [0.25, 0.3) is 0 Å². The van der Waals surface area contributed by atoms with Crippen molar-refractivity contribution in [3.05, 3.63) is 17.1 Å². The fourth-order valence-electron chi connectivity index (χ4n) is 3.62. The first-order chi connectivity index (χ1) is 12.0. The lowest BCUT2D eigenvalue weighted by Gasteiger charge is -2.34. The molecule has 0 aliphatic carbocycles. The molecule has 2 aliphatic rings. The van der Waals surface area contributed by atoms with Gasteiger partial charge >= 0.3 is 0 Å². The molecule has 1 amide bonds. The van der Waals surface area contributed by atoms with Crippen LogP contribution in [0.4, 0.5) is 5.82 Å². The molecule has 2 fully saturated rings. The second-order valence-corrected chi connectivity index (χ2v) is 7.47. The van der Waals surface area contributed by atoms with Gasteiger partial charge in [-0.25, -0.2) is 9.97 Å². The van der Waals surface area contributed by atoms with Crippen LogP contribution >= 0.6 is 0 Å². The highest BCUT2D eigenvalue weighted by Crippen LogP contribution is 2.30. The molecule has 138 valence electrons. The van der Waals surface area contributed by atoms with Gasteiger partial charge in [-0.05, 0) is 26.7 Å². The summed E-state index contributed by atoms with van der Waals surface area (Å²) in [5.74, 6) is 2.68. The van der Waals surface area contributed by atoms with E-state index in [9.17, 15) is 4.79 Å². The molecule has 3 rings (SSSR count). The molecular formula is C19H30N4O2. The normalized spacial score (nSPS) is 19.6. The van der Waals surface area contributed by atoms with Crippen LogP contribution in [0.5, 0.6) is 0 Å². The van der Waals surface area contributed by atoms with Crippen molar-refractivity contribution in [1.82, 2.24) is 14.9 Å². The summed E-state index contributed by atoms with van der Waals surface area (Å²) in [5.41, 5.74) is 2.23. The number of morpholine rings is 1. The zero-order chi connectivity index (χ0) is 18.0. The number of aryl methyl sites for hydroxylation is 1. The molecule has 6 nitrogen and oxygen atoms in total. The fourth-order valence-corrected chi connectivity index (χ4v) is 3.62. The van der Waals surface area contributed by atoms with E-state index in [0.29, 0.717) is 5.92 Å². The topological polar surface area (TPSA) is 58.6 Å². The molecule has 0 bridgehead atoms. The molecule has 0 saturated carbocycles. The summed E-state index contributed by atoms with van der Waals surface area (Å²) in [7, 11) is 0. The molecule has 0 unspecified atom stereocenters. The lowest BCUT2D eigenvalue weighted by atomic mass is 9.94. The third kappa shape index (κ3) is 3.94. The van der Waals surface area contributed by atoms with E-state index >= 15 is 0 Å². The summed E-state index contributed by atoms with van der Waals surface area (Å²) in [6.45, 7) is 13.0. The molecule has 25 heavy (non-hydrogen) atoms. The minimum atomic E-state index is 0.0716. The molecule has 6 heteroatoms. The van der Waals surface area contributed by atoms with Crippen molar-refractivity contribution < 1.29 is 9.53 Å². The lowest BCUT2D eigenvalue weighted by molar-refractivity contribution is -0.135. The van der Waals surface area contributed by atoms with E-state index in [-0.39, 0.29) is 11.8 Å². The van der Waals surface area contributed by atoms with Gasteiger partial charge in [0.05, 0.1) is 13.2 Å². The monoisotopic (exact) mass is 346 g/mol. The van der Waals surface area contributed by atoms with Crippen LogP contribution in [0.3, 0.4) is 0 Å². The number of hydrogen-bond acceptors (Lipinski definition) is 5. The quantitative estimate of drug-likeness (QED) is 0.840. The van der Waals surface area contributed by atoms with Crippen LogP contribution in [0.1, 0.15) is 49.7 Å². The van der Waals surface area contributed by atoms with E-state index in [1.165, 1.54) is 0 Å². The van der Waals surface area contributed by atoms with Gasteiger partial charge in [-0.1, -0.05) is 13.8 Å². The number of rotatable bonds is 3. The molecule has 0 radical (unpaired) electrons. The Morgan fingerprint density at radius 1 is 1.08 bits per heavy atom. The van der Waals surface area contributed by atoms with Crippen LogP contribution in [0.15, 0.2) is 0 Å². The molecular weight excluding hydrogens is 316 g/mol. The van der Waals surface area contributed by atoms with Gasteiger partial charge in [0.1, 0.15) is 11.6 Å². The first-order valence-electron chi connectivity index (χ1n) is 9.44. The smallest absolute Gasteiger partial charge is 0.225 e. The van der Waals surface area contributed by atoms with Crippen LogP contribution in [-0.4, -0.2) is 60.2 Å². The molecule has 0 spiro atoms. The van der Waals surface area contributed by atoms with Crippen LogP contribution in [0, 0.1) is 19.8 Å². The molecule has 2 aliphatic heterocycles. The Labute approximate surface area is 150 Å².